The number of ether oxygens (including phenoxy) is 1. The van der Waals surface area contributed by atoms with Crippen LogP contribution in [0, 0.1) is 10.1 Å². The summed E-state index contributed by atoms with van der Waals surface area (Å²) in [5.41, 5.74) is -0.814. The summed E-state index contributed by atoms with van der Waals surface area (Å²) in [6, 6.07) is 10.6. The van der Waals surface area contributed by atoms with E-state index in [2.05, 4.69) is 5.32 Å². The molecule has 148 valence electrons. The summed E-state index contributed by atoms with van der Waals surface area (Å²) in [7, 11) is 0. The van der Waals surface area contributed by atoms with Crippen LogP contribution in [0.25, 0.3) is 11.0 Å². The Bertz CT molecular complexity index is 1160. The molecule has 0 radical (unpaired) electrons. The minimum Gasteiger partial charge on any atom is -0.423 e. The lowest BCUT2D eigenvalue weighted by Crippen LogP contribution is -2.33. The maximum atomic E-state index is 12.2. The summed E-state index contributed by atoms with van der Waals surface area (Å²) in [5.74, 6) is -1.15. The number of esters is 1. The highest BCUT2D eigenvalue weighted by molar-refractivity contribution is 5.97. The SMILES string of the molecule is CC(C)NC(=O)c1cc2ccc(OC(=O)c3ccc([N+](=O)[O-])cc3)cc2oc1=O. The van der Waals surface area contributed by atoms with Crippen molar-refractivity contribution in [1.82, 2.24) is 5.32 Å². The molecule has 0 aliphatic carbocycles. The van der Waals surface area contributed by atoms with E-state index in [1.165, 1.54) is 42.5 Å². The van der Waals surface area contributed by atoms with Gasteiger partial charge in [-0.15, -0.1) is 0 Å². The highest BCUT2D eigenvalue weighted by Crippen LogP contribution is 2.22. The smallest absolute Gasteiger partial charge is 0.349 e. The molecular formula is C20H16N2O7. The van der Waals surface area contributed by atoms with Crippen LogP contribution in [0.2, 0.25) is 0 Å². The number of nitrogens with one attached hydrogen (secondary N) is 1. The molecule has 0 saturated carbocycles. The molecule has 0 saturated heterocycles. The van der Waals surface area contributed by atoms with Crippen LogP contribution >= 0.6 is 0 Å². The Balaban J connectivity index is 1.84. The zero-order chi connectivity index (χ0) is 21.1. The lowest BCUT2D eigenvalue weighted by atomic mass is 10.1. The van der Waals surface area contributed by atoms with Gasteiger partial charge in [-0.3, -0.25) is 14.9 Å². The van der Waals surface area contributed by atoms with Gasteiger partial charge in [0.25, 0.3) is 11.6 Å². The molecule has 0 aliphatic rings. The van der Waals surface area contributed by atoms with Crippen molar-refractivity contribution < 1.29 is 23.7 Å². The molecule has 0 bridgehead atoms. The number of fused-ring (bicyclic) bond motifs is 1. The van der Waals surface area contributed by atoms with Gasteiger partial charge in [-0.05, 0) is 44.2 Å². The number of carbonyl (C=O) groups excluding carboxylic acids is 2. The summed E-state index contributed by atoms with van der Waals surface area (Å²) >= 11 is 0. The molecule has 0 aliphatic heterocycles. The lowest BCUT2D eigenvalue weighted by Gasteiger charge is -2.08. The number of benzene rings is 2. The molecule has 0 unspecified atom stereocenters. The van der Waals surface area contributed by atoms with Gasteiger partial charge in [0.15, 0.2) is 0 Å². The number of nitro groups is 1. The summed E-state index contributed by atoms with van der Waals surface area (Å²) in [6.07, 6.45) is 0. The van der Waals surface area contributed by atoms with E-state index in [1.54, 1.807) is 19.9 Å². The van der Waals surface area contributed by atoms with E-state index in [0.29, 0.717) is 5.39 Å². The van der Waals surface area contributed by atoms with Crippen molar-refractivity contribution in [3.63, 3.8) is 0 Å². The molecule has 0 spiro atoms. The van der Waals surface area contributed by atoms with Gasteiger partial charge in [0.2, 0.25) is 0 Å². The van der Waals surface area contributed by atoms with Gasteiger partial charge >= 0.3 is 11.6 Å². The van der Waals surface area contributed by atoms with Gasteiger partial charge in [0.1, 0.15) is 16.9 Å². The molecule has 0 atom stereocenters. The van der Waals surface area contributed by atoms with Crippen LogP contribution in [0.1, 0.15) is 34.6 Å². The van der Waals surface area contributed by atoms with Gasteiger partial charge in [-0.2, -0.15) is 0 Å². The fourth-order valence-corrected chi connectivity index (χ4v) is 2.54. The number of nitrogens with zero attached hydrogens (tertiary/aromatic N) is 1. The topological polar surface area (TPSA) is 129 Å². The van der Waals surface area contributed by atoms with Gasteiger partial charge < -0.3 is 14.5 Å². The van der Waals surface area contributed by atoms with Gasteiger partial charge in [-0.1, -0.05) is 0 Å². The highest BCUT2D eigenvalue weighted by Gasteiger charge is 2.16. The van der Waals surface area contributed by atoms with Gasteiger partial charge in [0.05, 0.1) is 10.5 Å². The molecule has 1 aromatic heterocycles. The second kappa shape index (κ2) is 7.93. The molecule has 9 heteroatoms. The summed E-state index contributed by atoms with van der Waals surface area (Å²) in [6.45, 7) is 3.54. The van der Waals surface area contributed by atoms with E-state index < -0.39 is 22.4 Å². The maximum Gasteiger partial charge on any atom is 0.349 e. The number of rotatable bonds is 5. The Kier molecular flexibility index (Phi) is 5.40. The third-order valence-electron chi connectivity index (χ3n) is 3.90. The fourth-order valence-electron chi connectivity index (χ4n) is 2.54. The van der Waals surface area contributed by atoms with Crippen molar-refractivity contribution in [3.8, 4) is 5.75 Å². The largest absolute Gasteiger partial charge is 0.423 e. The zero-order valence-corrected chi connectivity index (χ0v) is 15.5. The summed E-state index contributed by atoms with van der Waals surface area (Å²) in [4.78, 5) is 46.5. The van der Waals surface area contributed by atoms with Gasteiger partial charge in [0, 0.05) is 29.6 Å². The number of hydrogen-bond acceptors (Lipinski definition) is 7. The first kappa shape index (κ1) is 19.7. The van der Waals surface area contributed by atoms with Crippen LogP contribution in [0.3, 0.4) is 0 Å². The molecule has 1 N–H and O–H groups in total. The second-order valence-corrected chi connectivity index (χ2v) is 6.47. The molecule has 29 heavy (non-hydrogen) atoms. The van der Waals surface area contributed by atoms with Crippen LogP contribution in [0.4, 0.5) is 5.69 Å². The number of carbonyl (C=O) groups is 2. The van der Waals surface area contributed by atoms with Crippen molar-refractivity contribution in [2.45, 2.75) is 19.9 Å². The normalized spacial score (nSPS) is 10.7. The van der Waals surface area contributed by atoms with Crippen molar-refractivity contribution in [2.24, 2.45) is 0 Å². The Morgan fingerprint density at radius 1 is 1.10 bits per heavy atom. The number of amides is 1. The van der Waals surface area contributed by atoms with Crippen LogP contribution < -0.4 is 15.7 Å². The number of non-ortho nitro benzene ring substituents is 1. The average Bonchev–Trinajstić information content (AvgIpc) is 2.66. The van der Waals surface area contributed by atoms with E-state index in [9.17, 15) is 24.5 Å². The fraction of sp³-hybridized carbons (Fsp3) is 0.150. The maximum absolute atomic E-state index is 12.2. The van der Waals surface area contributed by atoms with Crippen LogP contribution in [0.5, 0.6) is 5.75 Å². The van der Waals surface area contributed by atoms with E-state index in [-0.39, 0.29) is 34.2 Å². The minimum absolute atomic E-state index is 0.114. The first-order valence-corrected chi connectivity index (χ1v) is 8.60. The van der Waals surface area contributed by atoms with Gasteiger partial charge in [-0.25, -0.2) is 9.59 Å². The first-order chi connectivity index (χ1) is 13.7. The molecule has 2 aromatic carbocycles. The quantitative estimate of drug-likeness (QED) is 0.231. The molecule has 0 fully saturated rings. The van der Waals surface area contributed by atoms with Crippen molar-refractivity contribution in [2.75, 3.05) is 0 Å². The zero-order valence-electron chi connectivity index (χ0n) is 15.5. The van der Waals surface area contributed by atoms with E-state index >= 15 is 0 Å². The van der Waals surface area contributed by atoms with Crippen LogP contribution in [0.15, 0.2) is 57.7 Å². The summed E-state index contributed by atoms with van der Waals surface area (Å²) in [5, 5.41) is 13.8. The molecule has 3 rings (SSSR count). The minimum atomic E-state index is -0.811. The monoisotopic (exact) mass is 396 g/mol. The van der Waals surface area contributed by atoms with E-state index in [0.717, 1.165) is 0 Å². The Labute approximate surface area is 164 Å². The number of hydrogen-bond donors (Lipinski definition) is 1. The van der Waals surface area contributed by atoms with Crippen molar-refractivity contribution >= 4 is 28.5 Å². The number of nitro benzene ring substituents is 1. The Morgan fingerprint density at radius 2 is 1.79 bits per heavy atom. The third kappa shape index (κ3) is 4.46. The predicted molar refractivity (Wildman–Crippen MR) is 103 cm³/mol. The van der Waals surface area contributed by atoms with Crippen LogP contribution in [-0.2, 0) is 0 Å². The predicted octanol–water partition coefficient (Wildman–Crippen LogP) is 3.06. The average molecular weight is 396 g/mol. The van der Waals surface area contributed by atoms with Crippen molar-refractivity contribution in [1.29, 1.82) is 0 Å². The standard InChI is InChI=1S/C20H16N2O7/c1-11(2)21-18(23)16-9-13-5-8-15(10-17(13)29-20(16)25)28-19(24)12-3-6-14(7-4-12)22(26)27/h3-11H,1-2H3,(H,21,23). The second-order valence-electron chi connectivity index (χ2n) is 6.47. The molecule has 1 heterocycles. The van der Waals surface area contributed by atoms with E-state index in [1.807, 2.05) is 0 Å². The molecular weight excluding hydrogens is 380 g/mol. The van der Waals surface area contributed by atoms with E-state index in [4.69, 9.17) is 9.15 Å². The third-order valence-corrected chi connectivity index (χ3v) is 3.90. The Hall–Kier alpha value is -4.01. The lowest BCUT2D eigenvalue weighted by molar-refractivity contribution is -0.384. The van der Waals surface area contributed by atoms with Crippen LogP contribution in [-0.4, -0.2) is 22.8 Å². The summed E-state index contributed by atoms with van der Waals surface area (Å²) < 4.78 is 10.4. The molecule has 1 amide bonds. The Morgan fingerprint density at radius 3 is 2.41 bits per heavy atom. The molecule has 9 nitrogen and oxygen atoms in total. The first-order valence-electron chi connectivity index (χ1n) is 8.60. The van der Waals surface area contributed by atoms with Crippen molar-refractivity contribution in [3.05, 3.63) is 80.2 Å². The highest BCUT2D eigenvalue weighted by atomic mass is 16.6. The molecule has 3 aromatic rings.